The van der Waals surface area contributed by atoms with Crippen LogP contribution < -0.4 is 0 Å². The van der Waals surface area contributed by atoms with Gasteiger partial charge in [-0.25, -0.2) is 0 Å². The van der Waals surface area contributed by atoms with Crippen molar-refractivity contribution < 1.29 is 9.53 Å². The highest BCUT2D eigenvalue weighted by Gasteiger charge is 2.31. The zero-order valence-electron chi connectivity index (χ0n) is 11.3. The lowest BCUT2D eigenvalue weighted by atomic mass is 9.89. The average Bonchev–Trinajstić information content (AvgIpc) is 2.12. The molecule has 0 atom stereocenters. The zero-order valence-corrected chi connectivity index (χ0v) is 11.3. The Morgan fingerprint density at radius 3 is 1.80 bits per heavy atom. The molecule has 0 aliphatic heterocycles. The van der Waals surface area contributed by atoms with Gasteiger partial charge < -0.3 is 4.74 Å². The normalized spacial score (nSPS) is 12.7. The summed E-state index contributed by atoms with van der Waals surface area (Å²) in [7, 11) is 0. The first-order valence-electron chi connectivity index (χ1n) is 5.93. The molecule has 15 heavy (non-hydrogen) atoms. The van der Waals surface area contributed by atoms with E-state index in [1.54, 1.807) is 0 Å². The topological polar surface area (TPSA) is 26.3 Å². The minimum absolute atomic E-state index is 0.0309. The summed E-state index contributed by atoms with van der Waals surface area (Å²) in [5.74, 6) is 0.681. The number of hydrogen-bond donors (Lipinski definition) is 0. The van der Waals surface area contributed by atoms with Crippen LogP contribution in [0.3, 0.4) is 0 Å². The fraction of sp³-hybridized carbons (Fsp3) is 0.923. The summed E-state index contributed by atoms with van der Waals surface area (Å²) in [6.45, 7) is 14.3. The van der Waals surface area contributed by atoms with E-state index in [0.717, 1.165) is 6.42 Å². The molecule has 0 saturated carbocycles. The van der Waals surface area contributed by atoms with E-state index < -0.39 is 0 Å². The number of carbonyl (C=O) groups excluding carboxylic acids is 1. The standard InChI is InChI=1S/C13H26O2/c1-8-13(6,7)12(14)15-11(9(2)3)10(4)5/h9-11H,8H2,1-7H3. The van der Waals surface area contributed by atoms with Gasteiger partial charge in [-0.05, 0) is 32.1 Å². The van der Waals surface area contributed by atoms with E-state index in [1.165, 1.54) is 0 Å². The Morgan fingerprint density at radius 1 is 1.13 bits per heavy atom. The molecule has 0 aliphatic rings. The Balaban J connectivity index is 4.49. The van der Waals surface area contributed by atoms with Gasteiger partial charge in [0.15, 0.2) is 0 Å². The molecule has 90 valence electrons. The molecule has 0 radical (unpaired) electrons. The molecular weight excluding hydrogens is 188 g/mol. The van der Waals surface area contributed by atoms with E-state index in [2.05, 4.69) is 27.7 Å². The number of rotatable bonds is 5. The maximum Gasteiger partial charge on any atom is 0.311 e. The second kappa shape index (κ2) is 5.53. The number of hydrogen-bond acceptors (Lipinski definition) is 2. The summed E-state index contributed by atoms with van der Waals surface area (Å²) >= 11 is 0. The van der Waals surface area contributed by atoms with Crippen molar-refractivity contribution in [2.75, 3.05) is 0 Å². The van der Waals surface area contributed by atoms with Crippen molar-refractivity contribution in [2.24, 2.45) is 17.3 Å². The summed E-state index contributed by atoms with van der Waals surface area (Å²) in [5, 5.41) is 0. The fourth-order valence-corrected chi connectivity index (χ4v) is 1.47. The monoisotopic (exact) mass is 214 g/mol. The number of esters is 1. The average molecular weight is 214 g/mol. The van der Waals surface area contributed by atoms with E-state index >= 15 is 0 Å². The van der Waals surface area contributed by atoms with Crippen molar-refractivity contribution in [1.29, 1.82) is 0 Å². The van der Waals surface area contributed by atoms with Gasteiger partial charge in [0.25, 0.3) is 0 Å². The van der Waals surface area contributed by atoms with Crippen molar-refractivity contribution in [2.45, 2.75) is 61.0 Å². The Bertz CT molecular complexity index is 197. The molecule has 0 aromatic rings. The third kappa shape index (κ3) is 4.23. The van der Waals surface area contributed by atoms with Crippen LogP contribution in [0.1, 0.15) is 54.9 Å². The second-order valence-electron chi connectivity index (χ2n) is 5.60. The van der Waals surface area contributed by atoms with Crippen molar-refractivity contribution >= 4 is 5.97 Å². The molecule has 2 nitrogen and oxygen atoms in total. The van der Waals surface area contributed by atoms with Crippen molar-refractivity contribution in [3.8, 4) is 0 Å². The molecule has 0 bridgehead atoms. The van der Waals surface area contributed by atoms with Crippen molar-refractivity contribution in [1.82, 2.24) is 0 Å². The summed E-state index contributed by atoms with van der Waals surface area (Å²) in [5.41, 5.74) is -0.359. The molecule has 0 aromatic carbocycles. The van der Waals surface area contributed by atoms with Gasteiger partial charge in [0.2, 0.25) is 0 Å². The summed E-state index contributed by atoms with van der Waals surface area (Å²) in [6, 6.07) is 0. The first-order valence-corrected chi connectivity index (χ1v) is 5.93. The van der Waals surface area contributed by atoms with Gasteiger partial charge in [-0.3, -0.25) is 4.79 Å². The van der Waals surface area contributed by atoms with Crippen LogP contribution in [0.15, 0.2) is 0 Å². The third-order valence-corrected chi connectivity index (χ3v) is 2.99. The molecular formula is C13H26O2. The Labute approximate surface area is 94.4 Å². The molecule has 0 unspecified atom stereocenters. The van der Waals surface area contributed by atoms with E-state index in [-0.39, 0.29) is 17.5 Å². The maximum atomic E-state index is 11.9. The van der Waals surface area contributed by atoms with Crippen LogP contribution in [-0.2, 0) is 9.53 Å². The number of ether oxygens (including phenoxy) is 1. The molecule has 0 N–H and O–H groups in total. The Morgan fingerprint density at radius 2 is 1.53 bits per heavy atom. The third-order valence-electron chi connectivity index (χ3n) is 2.99. The highest BCUT2D eigenvalue weighted by atomic mass is 16.5. The van der Waals surface area contributed by atoms with Crippen LogP contribution >= 0.6 is 0 Å². The smallest absolute Gasteiger partial charge is 0.311 e. The molecule has 0 aliphatic carbocycles. The molecule has 0 rings (SSSR count). The highest BCUT2D eigenvalue weighted by Crippen LogP contribution is 2.25. The van der Waals surface area contributed by atoms with Crippen molar-refractivity contribution in [3.63, 3.8) is 0 Å². The lowest BCUT2D eigenvalue weighted by Gasteiger charge is -2.29. The first-order chi connectivity index (χ1) is 6.72. The summed E-state index contributed by atoms with van der Waals surface area (Å²) in [4.78, 5) is 11.9. The van der Waals surface area contributed by atoms with Gasteiger partial charge in [-0.15, -0.1) is 0 Å². The first kappa shape index (κ1) is 14.5. The second-order valence-corrected chi connectivity index (χ2v) is 5.60. The molecule has 0 amide bonds. The van der Waals surface area contributed by atoms with Crippen LogP contribution in [0.25, 0.3) is 0 Å². The molecule has 2 heteroatoms. The summed E-state index contributed by atoms with van der Waals surface area (Å²) < 4.78 is 5.59. The highest BCUT2D eigenvalue weighted by molar-refractivity contribution is 5.76. The van der Waals surface area contributed by atoms with E-state index in [9.17, 15) is 4.79 Å². The SMILES string of the molecule is CCC(C)(C)C(=O)OC(C(C)C)C(C)C. The Kier molecular flexibility index (Phi) is 5.33. The van der Waals surface area contributed by atoms with Gasteiger partial charge in [-0.2, -0.15) is 0 Å². The van der Waals surface area contributed by atoms with Crippen molar-refractivity contribution in [3.05, 3.63) is 0 Å². The molecule has 0 spiro atoms. The van der Waals surface area contributed by atoms with Gasteiger partial charge in [0.1, 0.15) is 6.10 Å². The van der Waals surface area contributed by atoms with Crippen LogP contribution in [-0.4, -0.2) is 12.1 Å². The van der Waals surface area contributed by atoms with Gasteiger partial charge in [0, 0.05) is 0 Å². The predicted octanol–water partition coefficient (Wildman–Crippen LogP) is 3.65. The largest absolute Gasteiger partial charge is 0.461 e. The van der Waals surface area contributed by atoms with Gasteiger partial charge in [0.05, 0.1) is 5.41 Å². The lowest BCUT2D eigenvalue weighted by Crippen LogP contribution is -2.35. The van der Waals surface area contributed by atoms with Crippen LogP contribution in [0.4, 0.5) is 0 Å². The predicted molar refractivity (Wildman–Crippen MR) is 63.6 cm³/mol. The minimum atomic E-state index is -0.359. The molecule has 0 heterocycles. The number of carbonyl (C=O) groups is 1. The molecule has 0 saturated heterocycles. The van der Waals surface area contributed by atoms with E-state index in [0.29, 0.717) is 11.8 Å². The van der Waals surface area contributed by atoms with Crippen LogP contribution in [0.5, 0.6) is 0 Å². The van der Waals surface area contributed by atoms with Gasteiger partial charge in [-0.1, -0.05) is 34.6 Å². The van der Waals surface area contributed by atoms with E-state index in [4.69, 9.17) is 4.74 Å². The van der Waals surface area contributed by atoms with Gasteiger partial charge >= 0.3 is 5.97 Å². The Hall–Kier alpha value is -0.530. The minimum Gasteiger partial charge on any atom is -0.461 e. The molecule has 0 fully saturated rings. The molecule has 0 aromatic heterocycles. The lowest BCUT2D eigenvalue weighted by molar-refractivity contribution is -0.164. The maximum absolute atomic E-state index is 11.9. The quantitative estimate of drug-likeness (QED) is 0.653. The van der Waals surface area contributed by atoms with Crippen LogP contribution in [0, 0.1) is 17.3 Å². The van der Waals surface area contributed by atoms with Crippen LogP contribution in [0.2, 0.25) is 0 Å². The fourth-order valence-electron chi connectivity index (χ4n) is 1.47. The van der Waals surface area contributed by atoms with E-state index in [1.807, 2.05) is 20.8 Å². The zero-order chi connectivity index (χ0) is 12.2. The summed E-state index contributed by atoms with van der Waals surface area (Å²) in [6.07, 6.45) is 0.845.